The molecule has 0 radical (unpaired) electrons. The van der Waals surface area contributed by atoms with Crippen molar-refractivity contribution < 1.29 is 22.3 Å². The van der Waals surface area contributed by atoms with Crippen LogP contribution in [0.5, 0.6) is 0 Å². The van der Waals surface area contributed by atoms with E-state index in [1.165, 1.54) is 19.2 Å². The number of halogens is 1. The van der Waals surface area contributed by atoms with Crippen LogP contribution < -0.4 is 0 Å². The van der Waals surface area contributed by atoms with Crippen LogP contribution in [0.1, 0.15) is 5.69 Å². The summed E-state index contributed by atoms with van der Waals surface area (Å²) in [6, 6.07) is 2.38. The Morgan fingerprint density at radius 1 is 1.40 bits per heavy atom. The summed E-state index contributed by atoms with van der Waals surface area (Å²) in [6.45, 7) is 0. The minimum Gasteiger partial charge on any atom is -0.464 e. The van der Waals surface area contributed by atoms with Crippen LogP contribution in [0.15, 0.2) is 34.5 Å². The van der Waals surface area contributed by atoms with E-state index in [4.69, 9.17) is 0 Å². The van der Waals surface area contributed by atoms with E-state index in [9.17, 15) is 17.6 Å². The van der Waals surface area contributed by atoms with E-state index in [1.54, 1.807) is 0 Å². The molecule has 2 heterocycles. The maximum Gasteiger partial charge on any atom is 0.355 e. The zero-order valence-electron chi connectivity index (χ0n) is 10.6. The maximum absolute atomic E-state index is 12.8. The predicted octanol–water partition coefficient (Wildman–Crippen LogP) is 0.257. The molecule has 0 spiro atoms. The number of pyridine rings is 1. The van der Waals surface area contributed by atoms with Crippen molar-refractivity contribution >= 4 is 21.9 Å². The topological polar surface area (TPSA) is 88.9 Å². The molecule has 0 N–H and O–H groups in total. The van der Waals surface area contributed by atoms with Crippen LogP contribution in [-0.2, 0) is 19.7 Å². The fourth-order valence-electron chi connectivity index (χ4n) is 1.50. The van der Waals surface area contributed by atoms with Gasteiger partial charge in [0, 0.05) is 7.05 Å². The number of methoxy groups -OCH3 is 1. The third kappa shape index (κ3) is 2.52. The number of hydrogen-bond acceptors (Lipinski definition) is 5. The molecular weight excluding hydrogens is 289 g/mol. The van der Waals surface area contributed by atoms with Crippen molar-refractivity contribution in [2.45, 2.75) is 0 Å². The van der Waals surface area contributed by atoms with E-state index < -0.39 is 22.0 Å². The van der Waals surface area contributed by atoms with Crippen molar-refractivity contribution in [2.75, 3.05) is 14.2 Å². The zero-order valence-corrected chi connectivity index (χ0v) is 11.4. The van der Waals surface area contributed by atoms with Crippen molar-refractivity contribution in [1.29, 1.82) is 0 Å². The number of likely N-dealkylation sites (N-methyl/N-ethyl adjacent to an activating group) is 1. The van der Waals surface area contributed by atoms with Crippen LogP contribution in [0.3, 0.4) is 0 Å². The van der Waals surface area contributed by atoms with Gasteiger partial charge in [-0.05, 0) is 18.2 Å². The summed E-state index contributed by atoms with van der Waals surface area (Å²) in [6.07, 6.45) is 2.14. The molecule has 20 heavy (non-hydrogen) atoms. The molecule has 0 atom stereocenters. The van der Waals surface area contributed by atoms with Crippen molar-refractivity contribution in [3.05, 3.63) is 41.6 Å². The number of carbonyl (C=O) groups excluding carboxylic acids is 1. The van der Waals surface area contributed by atoms with E-state index in [0.717, 1.165) is 19.4 Å². The molecule has 0 fully saturated rings. The molecule has 0 saturated heterocycles. The molecule has 0 saturated carbocycles. The van der Waals surface area contributed by atoms with Crippen molar-refractivity contribution in [1.82, 2.24) is 9.29 Å². The van der Waals surface area contributed by atoms with Crippen molar-refractivity contribution in [3.63, 3.8) is 0 Å². The lowest BCUT2D eigenvalue weighted by Gasteiger charge is -2.22. The van der Waals surface area contributed by atoms with E-state index >= 15 is 0 Å². The molecule has 9 heteroatoms. The number of esters is 1. The fraction of sp³-hybridized carbons (Fsp3) is 0.182. The molecule has 1 aliphatic heterocycles. The van der Waals surface area contributed by atoms with Crippen LogP contribution in [0.25, 0.3) is 0 Å². The molecular formula is C11H10FN3O4S. The minimum absolute atomic E-state index is 0.0662. The number of ether oxygens (including phenoxy) is 1. The van der Waals surface area contributed by atoms with Crippen molar-refractivity contribution in [3.8, 4) is 0 Å². The molecule has 1 aromatic rings. The van der Waals surface area contributed by atoms with Gasteiger partial charge in [-0.1, -0.05) is 0 Å². The summed E-state index contributed by atoms with van der Waals surface area (Å²) in [7, 11) is -1.75. The minimum atomic E-state index is -4.05. The lowest BCUT2D eigenvalue weighted by Crippen LogP contribution is -2.33. The van der Waals surface area contributed by atoms with Gasteiger partial charge in [0.15, 0.2) is 0 Å². The fourth-order valence-corrected chi connectivity index (χ4v) is 2.39. The molecule has 0 unspecified atom stereocenters. The van der Waals surface area contributed by atoms with Crippen LogP contribution in [-0.4, -0.2) is 43.5 Å². The molecule has 106 valence electrons. The van der Waals surface area contributed by atoms with E-state index in [0.29, 0.717) is 4.31 Å². The van der Waals surface area contributed by atoms with E-state index in [1.807, 2.05) is 0 Å². The molecule has 1 aromatic heterocycles. The highest BCUT2D eigenvalue weighted by Gasteiger charge is 2.30. The Bertz CT molecular complexity index is 710. The van der Waals surface area contributed by atoms with Gasteiger partial charge in [-0.15, -0.1) is 4.40 Å². The van der Waals surface area contributed by atoms with E-state index in [2.05, 4.69) is 14.1 Å². The number of aromatic nitrogens is 1. The number of nitrogens with zero attached hydrogens (tertiary/aromatic N) is 3. The van der Waals surface area contributed by atoms with Gasteiger partial charge >= 0.3 is 16.2 Å². The monoisotopic (exact) mass is 299 g/mol. The predicted molar refractivity (Wildman–Crippen MR) is 67.5 cm³/mol. The lowest BCUT2D eigenvalue weighted by atomic mass is 10.2. The van der Waals surface area contributed by atoms with Crippen LogP contribution in [0, 0.1) is 5.82 Å². The van der Waals surface area contributed by atoms with Crippen LogP contribution in [0.2, 0.25) is 0 Å². The highest BCUT2D eigenvalue weighted by molar-refractivity contribution is 7.88. The highest BCUT2D eigenvalue weighted by atomic mass is 32.2. The molecule has 0 aliphatic carbocycles. The number of allylic oxidation sites excluding steroid dienone is 1. The first-order valence-electron chi connectivity index (χ1n) is 5.36. The quantitative estimate of drug-likeness (QED) is 0.731. The van der Waals surface area contributed by atoms with Crippen LogP contribution in [0.4, 0.5) is 4.39 Å². The molecule has 1 aliphatic rings. The summed E-state index contributed by atoms with van der Waals surface area (Å²) in [4.78, 5) is 15.3. The van der Waals surface area contributed by atoms with Gasteiger partial charge in [0.2, 0.25) is 0 Å². The second kappa shape index (κ2) is 5.00. The molecule has 0 bridgehead atoms. The summed E-state index contributed by atoms with van der Waals surface area (Å²) in [5.41, 5.74) is -0.142. The summed E-state index contributed by atoms with van der Waals surface area (Å²) in [5.74, 6) is -1.40. The molecule has 7 nitrogen and oxygen atoms in total. The lowest BCUT2D eigenvalue weighted by molar-refractivity contribution is -0.137. The Hall–Kier alpha value is -2.29. The van der Waals surface area contributed by atoms with Gasteiger partial charge < -0.3 is 4.74 Å². The maximum atomic E-state index is 12.8. The zero-order chi connectivity index (χ0) is 14.9. The van der Waals surface area contributed by atoms with Gasteiger partial charge in [0.25, 0.3) is 0 Å². The first-order valence-corrected chi connectivity index (χ1v) is 6.75. The first kappa shape index (κ1) is 14.1. The average molecular weight is 299 g/mol. The normalized spacial score (nSPS) is 17.2. The third-order valence-corrected chi connectivity index (χ3v) is 3.87. The second-order valence-electron chi connectivity index (χ2n) is 3.80. The standard InChI is InChI=1S/C11H10FN3O4S/c1-15-10(11(16)19-2)5-9(14-20(15,17)18)8-4-3-7(12)6-13-8/h3-6H,1-2H3. The number of carbonyl (C=O) groups is 1. The average Bonchev–Trinajstić information content (AvgIpc) is 2.41. The SMILES string of the molecule is COC(=O)C1=CC(c2ccc(F)cn2)=NS(=O)(=O)N1C. The van der Waals surface area contributed by atoms with Gasteiger partial charge in [-0.25, -0.2) is 13.5 Å². The highest BCUT2D eigenvalue weighted by Crippen LogP contribution is 2.19. The molecule has 0 aromatic carbocycles. The van der Waals surface area contributed by atoms with Gasteiger partial charge in [0.05, 0.1) is 19.0 Å². The van der Waals surface area contributed by atoms with Gasteiger partial charge in [-0.2, -0.15) is 8.42 Å². The summed E-state index contributed by atoms with van der Waals surface area (Å²) in [5, 5.41) is 0. The Kier molecular flexibility index (Phi) is 3.53. The first-order chi connectivity index (χ1) is 9.35. The van der Waals surface area contributed by atoms with Gasteiger partial charge in [-0.3, -0.25) is 4.98 Å². The van der Waals surface area contributed by atoms with Gasteiger partial charge in [0.1, 0.15) is 17.2 Å². The van der Waals surface area contributed by atoms with Crippen LogP contribution >= 0.6 is 0 Å². The Morgan fingerprint density at radius 2 is 2.10 bits per heavy atom. The Balaban J connectivity index is 2.55. The summed E-state index contributed by atoms with van der Waals surface area (Å²) >= 11 is 0. The summed E-state index contributed by atoms with van der Waals surface area (Å²) < 4.78 is 45.2. The Morgan fingerprint density at radius 3 is 2.65 bits per heavy atom. The number of hydrogen-bond donors (Lipinski definition) is 0. The third-order valence-electron chi connectivity index (χ3n) is 2.56. The smallest absolute Gasteiger partial charge is 0.355 e. The molecule has 2 rings (SSSR count). The second-order valence-corrected chi connectivity index (χ2v) is 5.43. The van der Waals surface area contributed by atoms with E-state index in [-0.39, 0.29) is 17.1 Å². The number of rotatable bonds is 2. The largest absolute Gasteiger partial charge is 0.464 e. The van der Waals surface area contributed by atoms with Crippen molar-refractivity contribution in [2.24, 2.45) is 4.40 Å². The molecule has 0 amide bonds. The Labute approximate surface area is 114 Å².